The first-order valence-corrected chi connectivity index (χ1v) is 7.30. The van der Waals surface area contributed by atoms with E-state index < -0.39 is 23.8 Å². The summed E-state index contributed by atoms with van der Waals surface area (Å²) < 4.78 is 13.3. The van der Waals surface area contributed by atoms with Gasteiger partial charge in [0, 0.05) is 18.7 Å². The number of fused-ring (bicyclic) bond motifs is 1. The molecule has 2 aliphatic heterocycles. The van der Waals surface area contributed by atoms with Gasteiger partial charge >= 0.3 is 6.03 Å². The summed E-state index contributed by atoms with van der Waals surface area (Å²) in [6, 6.07) is 4.19. The number of aliphatic hydroxyl groups excluding tert-OH is 1. The van der Waals surface area contributed by atoms with Crippen molar-refractivity contribution in [1.82, 2.24) is 14.7 Å². The van der Waals surface area contributed by atoms with Gasteiger partial charge in [0.15, 0.2) is 0 Å². The Morgan fingerprint density at radius 1 is 1.30 bits per heavy atom. The minimum atomic E-state index is -0.736. The van der Waals surface area contributed by atoms with Crippen LogP contribution in [0.15, 0.2) is 24.3 Å². The third kappa shape index (κ3) is 2.65. The van der Waals surface area contributed by atoms with Crippen LogP contribution in [0.5, 0.6) is 0 Å². The average molecular weight is 321 g/mol. The van der Waals surface area contributed by atoms with Crippen molar-refractivity contribution in [1.29, 1.82) is 0 Å². The molecular weight excluding hydrogens is 305 g/mol. The van der Waals surface area contributed by atoms with Crippen LogP contribution in [0.1, 0.15) is 10.4 Å². The number of piperazine rings is 1. The summed E-state index contributed by atoms with van der Waals surface area (Å²) in [6.07, 6.45) is 0. The van der Waals surface area contributed by atoms with Crippen LogP contribution in [-0.2, 0) is 4.79 Å². The first kappa shape index (κ1) is 15.4. The second-order valence-electron chi connectivity index (χ2n) is 5.47. The Kier molecular flexibility index (Phi) is 3.99. The topological polar surface area (TPSA) is 81.2 Å². The molecule has 7 nitrogen and oxygen atoms in total. The first-order valence-electron chi connectivity index (χ1n) is 7.30. The van der Waals surface area contributed by atoms with Crippen molar-refractivity contribution in [3.63, 3.8) is 0 Å². The van der Waals surface area contributed by atoms with E-state index >= 15 is 0 Å². The van der Waals surface area contributed by atoms with Crippen molar-refractivity contribution >= 4 is 17.8 Å². The normalized spacial score (nSPS) is 21.0. The van der Waals surface area contributed by atoms with Crippen molar-refractivity contribution in [2.75, 3.05) is 32.8 Å². The quantitative estimate of drug-likeness (QED) is 0.789. The highest BCUT2D eigenvalue weighted by Crippen LogP contribution is 2.23. The Bertz CT molecular complexity index is 666. The molecular formula is C15H16FN3O4. The molecule has 3 rings (SSSR count). The van der Waals surface area contributed by atoms with Crippen LogP contribution in [0.25, 0.3) is 0 Å². The summed E-state index contributed by atoms with van der Waals surface area (Å²) in [5.41, 5.74) is 0.211. The Morgan fingerprint density at radius 2 is 2.09 bits per heavy atom. The second-order valence-corrected chi connectivity index (χ2v) is 5.47. The third-order valence-corrected chi connectivity index (χ3v) is 4.09. The molecule has 4 amide bonds. The number of hydrogen-bond acceptors (Lipinski definition) is 4. The number of amides is 4. The molecule has 1 aromatic carbocycles. The Hall–Kier alpha value is -2.48. The number of imide groups is 1. The van der Waals surface area contributed by atoms with Crippen molar-refractivity contribution in [3.05, 3.63) is 35.6 Å². The fourth-order valence-electron chi connectivity index (χ4n) is 2.95. The Labute approximate surface area is 131 Å². The van der Waals surface area contributed by atoms with Gasteiger partial charge in [0.05, 0.1) is 19.7 Å². The van der Waals surface area contributed by atoms with Gasteiger partial charge in [-0.25, -0.2) is 9.18 Å². The van der Waals surface area contributed by atoms with E-state index in [2.05, 4.69) is 0 Å². The van der Waals surface area contributed by atoms with Crippen LogP contribution >= 0.6 is 0 Å². The fraction of sp³-hybridized carbons (Fsp3) is 0.400. The smallest absolute Gasteiger partial charge is 0.327 e. The molecule has 0 saturated carbocycles. The monoisotopic (exact) mass is 321 g/mol. The van der Waals surface area contributed by atoms with E-state index in [4.69, 9.17) is 5.11 Å². The molecule has 0 aromatic heterocycles. The number of nitrogens with zero attached hydrogens (tertiary/aromatic N) is 3. The van der Waals surface area contributed by atoms with Gasteiger partial charge in [0.25, 0.3) is 11.8 Å². The molecule has 2 heterocycles. The van der Waals surface area contributed by atoms with E-state index in [0.717, 1.165) is 11.0 Å². The molecule has 0 unspecified atom stereocenters. The van der Waals surface area contributed by atoms with E-state index in [1.54, 1.807) is 0 Å². The van der Waals surface area contributed by atoms with Crippen LogP contribution in [0.2, 0.25) is 0 Å². The number of carbonyl (C=O) groups is 3. The summed E-state index contributed by atoms with van der Waals surface area (Å²) in [5.74, 6) is -1.29. The number of benzene rings is 1. The predicted molar refractivity (Wildman–Crippen MR) is 77.0 cm³/mol. The number of rotatable bonds is 3. The highest BCUT2D eigenvalue weighted by molar-refractivity contribution is 6.05. The van der Waals surface area contributed by atoms with Gasteiger partial charge in [-0.2, -0.15) is 0 Å². The Balaban J connectivity index is 1.76. The first-order chi connectivity index (χ1) is 11.0. The number of halogens is 1. The molecule has 0 aliphatic carbocycles. The molecule has 1 atom stereocenters. The van der Waals surface area contributed by atoms with Crippen LogP contribution < -0.4 is 0 Å². The lowest BCUT2D eigenvalue weighted by molar-refractivity contribution is -0.129. The zero-order valence-electron chi connectivity index (χ0n) is 12.3. The number of hydrogen-bond donors (Lipinski definition) is 1. The van der Waals surface area contributed by atoms with Gasteiger partial charge in [0.1, 0.15) is 11.9 Å². The summed E-state index contributed by atoms with van der Waals surface area (Å²) in [4.78, 5) is 40.6. The van der Waals surface area contributed by atoms with Gasteiger partial charge in [0.2, 0.25) is 0 Å². The van der Waals surface area contributed by atoms with Gasteiger partial charge in [-0.05, 0) is 18.2 Å². The fourth-order valence-corrected chi connectivity index (χ4v) is 2.95. The molecule has 1 N–H and O–H groups in total. The van der Waals surface area contributed by atoms with Crippen molar-refractivity contribution in [2.45, 2.75) is 6.04 Å². The highest BCUT2D eigenvalue weighted by Gasteiger charge is 2.48. The van der Waals surface area contributed by atoms with Crippen LogP contribution in [-0.4, -0.2) is 76.5 Å². The number of urea groups is 1. The van der Waals surface area contributed by atoms with Gasteiger partial charge < -0.3 is 14.9 Å². The molecule has 23 heavy (non-hydrogen) atoms. The molecule has 0 radical (unpaired) electrons. The number of carbonyl (C=O) groups excluding carboxylic acids is 3. The minimum Gasteiger partial charge on any atom is -0.395 e. The van der Waals surface area contributed by atoms with E-state index in [1.165, 1.54) is 28.0 Å². The van der Waals surface area contributed by atoms with E-state index in [-0.39, 0.29) is 44.3 Å². The van der Waals surface area contributed by atoms with E-state index in [0.29, 0.717) is 0 Å². The lowest BCUT2D eigenvalue weighted by Gasteiger charge is -2.35. The molecule has 1 aromatic rings. The van der Waals surface area contributed by atoms with Gasteiger partial charge in [-0.1, -0.05) is 6.07 Å². The lowest BCUT2D eigenvalue weighted by atomic mass is 10.1. The van der Waals surface area contributed by atoms with Crippen molar-refractivity contribution in [3.8, 4) is 0 Å². The second kappa shape index (κ2) is 5.96. The molecule has 2 saturated heterocycles. The predicted octanol–water partition coefficient (Wildman–Crippen LogP) is -0.0934. The summed E-state index contributed by atoms with van der Waals surface area (Å²) in [6.45, 7) is 0.227. The molecule has 0 bridgehead atoms. The zero-order valence-corrected chi connectivity index (χ0v) is 12.3. The van der Waals surface area contributed by atoms with E-state index in [9.17, 15) is 18.8 Å². The summed E-state index contributed by atoms with van der Waals surface area (Å²) in [7, 11) is 0. The third-order valence-electron chi connectivity index (χ3n) is 4.09. The zero-order chi connectivity index (χ0) is 16.6. The SMILES string of the molecule is O=C(c1cccc(F)c1)N1CCN2C(=O)N(CCO)C(=O)[C@H]2C1. The largest absolute Gasteiger partial charge is 0.395 e. The Morgan fingerprint density at radius 3 is 2.78 bits per heavy atom. The summed E-state index contributed by atoms with van der Waals surface area (Å²) in [5, 5.41) is 8.95. The standard InChI is InChI=1S/C15H16FN3O4/c16-11-3-1-2-10(8-11)13(21)17-4-5-18-12(9-17)14(22)19(6-7-20)15(18)23/h1-3,8,12,20H,4-7,9H2/t12-/m1/s1. The maximum atomic E-state index is 13.3. The molecule has 2 aliphatic rings. The molecule has 122 valence electrons. The lowest BCUT2D eigenvalue weighted by Crippen LogP contribution is -2.54. The number of aliphatic hydroxyl groups is 1. The highest BCUT2D eigenvalue weighted by atomic mass is 19.1. The average Bonchev–Trinajstić information content (AvgIpc) is 2.79. The van der Waals surface area contributed by atoms with Gasteiger partial charge in [-0.15, -0.1) is 0 Å². The summed E-state index contributed by atoms with van der Waals surface area (Å²) >= 11 is 0. The van der Waals surface area contributed by atoms with Crippen molar-refractivity contribution < 1.29 is 23.9 Å². The number of β-amino-alcohol motifs (C(OH)–C–C–N with tert-alkyl or cyclic N) is 1. The maximum Gasteiger partial charge on any atom is 0.327 e. The molecule has 2 fully saturated rings. The van der Waals surface area contributed by atoms with Crippen LogP contribution in [0, 0.1) is 5.82 Å². The molecule has 8 heteroatoms. The maximum absolute atomic E-state index is 13.3. The van der Waals surface area contributed by atoms with Crippen LogP contribution in [0.4, 0.5) is 9.18 Å². The minimum absolute atomic E-state index is 0.0531. The molecule has 0 spiro atoms. The van der Waals surface area contributed by atoms with Crippen molar-refractivity contribution in [2.24, 2.45) is 0 Å². The van der Waals surface area contributed by atoms with Gasteiger partial charge in [-0.3, -0.25) is 14.5 Å². The van der Waals surface area contributed by atoms with Crippen LogP contribution in [0.3, 0.4) is 0 Å². The van der Waals surface area contributed by atoms with E-state index in [1.807, 2.05) is 0 Å².